The highest BCUT2D eigenvalue weighted by molar-refractivity contribution is 9.10. The Hall–Kier alpha value is -1.99. The van der Waals surface area contributed by atoms with Gasteiger partial charge in [0, 0.05) is 10.5 Å². The van der Waals surface area contributed by atoms with E-state index in [0.29, 0.717) is 15.7 Å². The molecular weight excluding hydrogens is 355 g/mol. The summed E-state index contributed by atoms with van der Waals surface area (Å²) in [4.78, 5) is 12.4. The van der Waals surface area contributed by atoms with Gasteiger partial charge in [-0.2, -0.15) is 0 Å². The van der Waals surface area contributed by atoms with Gasteiger partial charge in [0.05, 0.1) is 18.0 Å². The van der Waals surface area contributed by atoms with Gasteiger partial charge >= 0.3 is 0 Å². The standard InChI is InChI=1S/C15H12BrFN2O3/c16-11-3-6-13(14(7-11)19(21)22)18-8-15(20,9-18)10-1-4-12(17)5-2-10/h1-7,20H,8-9H2. The second-order valence-electron chi connectivity index (χ2n) is 5.28. The minimum absolute atomic E-state index is 0.0180. The van der Waals surface area contributed by atoms with Gasteiger partial charge in [-0.15, -0.1) is 0 Å². The number of nitrogens with zero attached hydrogens (tertiary/aromatic N) is 2. The van der Waals surface area contributed by atoms with Crippen LogP contribution >= 0.6 is 15.9 Å². The third-order valence-electron chi connectivity index (χ3n) is 3.76. The van der Waals surface area contributed by atoms with Crippen molar-refractivity contribution in [2.45, 2.75) is 5.60 Å². The van der Waals surface area contributed by atoms with Crippen molar-refractivity contribution in [3.8, 4) is 0 Å². The van der Waals surface area contributed by atoms with Crippen LogP contribution < -0.4 is 4.90 Å². The monoisotopic (exact) mass is 366 g/mol. The summed E-state index contributed by atoms with van der Waals surface area (Å²) >= 11 is 3.21. The van der Waals surface area contributed by atoms with Gasteiger partial charge in [-0.3, -0.25) is 10.1 Å². The highest BCUT2D eigenvalue weighted by Gasteiger charge is 2.44. The van der Waals surface area contributed by atoms with E-state index in [1.165, 1.54) is 30.3 Å². The molecule has 3 rings (SSSR count). The van der Waals surface area contributed by atoms with E-state index >= 15 is 0 Å². The van der Waals surface area contributed by atoms with Gasteiger partial charge in [-0.05, 0) is 29.8 Å². The Morgan fingerprint density at radius 3 is 2.45 bits per heavy atom. The zero-order valence-electron chi connectivity index (χ0n) is 11.4. The number of hydrogen-bond acceptors (Lipinski definition) is 4. The van der Waals surface area contributed by atoms with Crippen molar-refractivity contribution in [3.63, 3.8) is 0 Å². The molecule has 5 nitrogen and oxygen atoms in total. The van der Waals surface area contributed by atoms with Gasteiger partial charge in [0.1, 0.15) is 17.1 Å². The van der Waals surface area contributed by atoms with Crippen LogP contribution in [0.2, 0.25) is 0 Å². The van der Waals surface area contributed by atoms with Crippen molar-refractivity contribution in [1.82, 2.24) is 0 Å². The van der Waals surface area contributed by atoms with Crippen LogP contribution in [-0.4, -0.2) is 23.1 Å². The molecule has 1 aliphatic heterocycles. The maximum Gasteiger partial charge on any atom is 0.293 e. The number of nitro groups is 1. The molecule has 0 atom stereocenters. The lowest BCUT2D eigenvalue weighted by atomic mass is 9.85. The molecule has 114 valence electrons. The van der Waals surface area contributed by atoms with Gasteiger partial charge in [0.25, 0.3) is 5.69 Å². The molecule has 2 aromatic carbocycles. The molecule has 1 saturated heterocycles. The molecule has 0 bridgehead atoms. The number of rotatable bonds is 3. The molecule has 0 aliphatic carbocycles. The first kappa shape index (κ1) is 14.9. The molecule has 0 saturated carbocycles. The summed E-state index contributed by atoms with van der Waals surface area (Å²) < 4.78 is 13.6. The molecule has 1 N–H and O–H groups in total. The minimum atomic E-state index is -1.12. The lowest BCUT2D eigenvalue weighted by Crippen LogP contribution is -2.59. The molecular formula is C15H12BrFN2O3. The zero-order valence-corrected chi connectivity index (χ0v) is 13.0. The van der Waals surface area contributed by atoms with E-state index < -0.39 is 10.5 Å². The van der Waals surface area contributed by atoms with E-state index in [1.807, 2.05) is 0 Å². The van der Waals surface area contributed by atoms with Gasteiger partial charge in [0.2, 0.25) is 0 Å². The topological polar surface area (TPSA) is 66.6 Å². The first-order chi connectivity index (χ1) is 10.4. The predicted octanol–water partition coefficient (Wildman–Crippen LogP) is 3.20. The molecule has 2 aromatic rings. The van der Waals surface area contributed by atoms with Crippen LogP contribution in [0, 0.1) is 15.9 Å². The number of hydrogen-bond donors (Lipinski definition) is 1. The SMILES string of the molecule is O=[N+]([O-])c1cc(Br)ccc1N1CC(O)(c2ccc(F)cc2)C1. The quantitative estimate of drug-likeness (QED) is 0.668. The summed E-state index contributed by atoms with van der Waals surface area (Å²) in [6.07, 6.45) is 0. The van der Waals surface area contributed by atoms with Crippen LogP contribution in [0.5, 0.6) is 0 Å². The van der Waals surface area contributed by atoms with E-state index in [-0.39, 0.29) is 24.6 Å². The summed E-state index contributed by atoms with van der Waals surface area (Å²) in [5, 5.41) is 21.7. The van der Waals surface area contributed by atoms with Crippen molar-refractivity contribution < 1.29 is 14.4 Å². The second kappa shape index (κ2) is 5.33. The Labute approximate surface area is 134 Å². The molecule has 1 fully saturated rings. The highest BCUT2D eigenvalue weighted by atomic mass is 79.9. The molecule has 0 unspecified atom stereocenters. The fourth-order valence-corrected chi connectivity index (χ4v) is 2.96. The Morgan fingerprint density at radius 1 is 1.23 bits per heavy atom. The molecule has 0 radical (unpaired) electrons. The van der Waals surface area contributed by atoms with Crippen LogP contribution in [-0.2, 0) is 5.60 Å². The molecule has 0 aromatic heterocycles. The lowest BCUT2D eigenvalue weighted by Gasteiger charge is -2.47. The fourth-order valence-electron chi connectivity index (χ4n) is 2.61. The van der Waals surface area contributed by atoms with Crippen molar-refractivity contribution in [1.29, 1.82) is 0 Å². The van der Waals surface area contributed by atoms with Crippen molar-refractivity contribution in [2.75, 3.05) is 18.0 Å². The average molecular weight is 367 g/mol. The van der Waals surface area contributed by atoms with Gasteiger partial charge in [-0.1, -0.05) is 28.1 Å². The van der Waals surface area contributed by atoms with Gasteiger partial charge < -0.3 is 10.0 Å². The Morgan fingerprint density at radius 2 is 1.86 bits per heavy atom. The van der Waals surface area contributed by atoms with Crippen molar-refractivity contribution in [3.05, 3.63) is 68.4 Å². The minimum Gasteiger partial charge on any atom is -0.381 e. The number of nitro benzene ring substituents is 1. The van der Waals surface area contributed by atoms with E-state index in [9.17, 15) is 19.6 Å². The van der Waals surface area contributed by atoms with Crippen LogP contribution in [0.4, 0.5) is 15.8 Å². The van der Waals surface area contributed by atoms with Crippen LogP contribution in [0.3, 0.4) is 0 Å². The summed E-state index contributed by atoms with van der Waals surface area (Å²) in [5.41, 5.74) is -0.0744. The smallest absolute Gasteiger partial charge is 0.293 e. The fraction of sp³-hybridized carbons (Fsp3) is 0.200. The normalized spacial score (nSPS) is 16.2. The Kier molecular flexibility index (Phi) is 3.62. The predicted molar refractivity (Wildman–Crippen MR) is 83.3 cm³/mol. The van der Waals surface area contributed by atoms with Crippen LogP contribution in [0.15, 0.2) is 46.9 Å². The first-order valence-electron chi connectivity index (χ1n) is 6.56. The zero-order chi connectivity index (χ0) is 15.9. The molecule has 1 aliphatic rings. The summed E-state index contributed by atoms with van der Waals surface area (Å²) in [6, 6.07) is 10.4. The largest absolute Gasteiger partial charge is 0.381 e. The van der Waals surface area contributed by atoms with Crippen LogP contribution in [0.25, 0.3) is 0 Å². The number of anilines is 1. The van der Waals surface area contributed by atoms with E-state index in [1.54, 1.807) is 17.0 Å². The highest BCUT2D eigenvalue weighted by Crippen LogP contribution is 2.40. The Balaban J connectivity index is 1.84. The van der Waals surface area contributed by atoms with Gasteiger partial charge in [0.15, 0.2) is 0 Å². The Bertz CT molecular complexity index is 730. The van der Waals surface area contributed by atoms with Crippen LogP contribution in [0.1, 0.15) is 5.56 Å². The van der Waals surface area contributed by atoms with E-state index in [4.69, 9.17) is 0 Å². The number of β-amino-alcohol motifs (C(OH)–C–C–N with tert-alkyl or cyclic N) is 1. The maximum absolute atomic E-state index is 12.9. The van der Waals surface area contributed by atoms with Crippen molar-refractivity contribution >= 4 is 27.3 Å². The summed E-state index contributed by atoms with van der Waals surface area (Å²) in [5.74, 6) is -0.368. The summed E-state index contributed by atoms with van der Waals surface area (Å²) in [7, 11) is 0. The molecule has 22 heavy (non-hydrogen) atoms. The number of halogens is 2. The summed E-state index contributed by atoms with van der Waals surface area (Å²) in [6.45, 7) is 0.447. The second-order valence-corrected chi connectivity index (χ2v) is 6.20. The van der Waals surface area contributed by atoms with E-state index in [2.05, 4.69) is 15.9 Å². The third-order valence-corrected chi connectivity index (χ3v) is 4.25. The average Bonchev–Trinajstić information content (AvgIpc) is 2.45. The third kappa shape index (κ3) is 2.57. The molecule has 0 amide bonds. The lowest BCUT2D eigenvalue weighted by molar-refractivity contribution is -0.384. The first-order valence-corrected chi connectivity index (χ1v) is 7.36. The number of aliphatic hydroxyl groups is 1. The van der Waals surface area contributed by atoms with Gasteiger partial charge in [-0.25, -0.2) is 4.39 Å². The van der Waals surface area contributed by atoms with Crippen molar-refractivity contribution in [2.24, 2.45) is 0 Å². The molecule has 7 heteroatoms. The maximum atomic E-state index is 12.9. The number of benzene rings is 2. The van der Waals surface area contributed by atoms with E-state index in [0.717, 1.165) is 0 Å². The molecule has 0 spiro atoms. The molecule has 1 heterocycles.